The molecule has 2 rings (SSSR count). The van der Waals surface area contributed by atoms with Crippen LogP contribution in [0, 0.1) is 12.7 Å². The van der Waals surface area contributed by atoms with Crippen molar-refractivity contribution in [2.45, 2.75) is 13.5 Å². The molecule has 1 heterocycles. The van der Waals surface area contributed by atoms with Gasteiger partial charge < -0.3 is 10.4 Å². The molecule has 0 saturated carbocycles. The summed E-state index contributed by atoms with van der Waals surface area (Å²) in [6.07, 6.45) is 0. The molecular weight excluding hydrogens is 255 g/mol. The molecular formula is C13H12ClFN2O. The molecule has 0 fully saturated rings. The molecule has 0 aliphatic rings. The molecule has 0 aliphatic carbocycles. The van der Waals surface area contributed by atoms with Crippen molar-refractivity contribution in [1.82, 2.24) is 4.98 Å². The van der Waals surface area contributed by atoms with E-state index in [-0.39, 0.29) is 18.0 Å². The van der Waals surface area contributed by atoms with Crippen LogP contribution >= 0.6 is 11.6 Å². The first-order valence-corrected chi connectivity index (χ1v) is 5.78. The fourth-order valence-corrected chi connectivity index (χ4v) is 1.72. The normalized spacial score (nSPS) is 10.4. The summed E-state index contributed by atoms with van der Waals surface area (Å²) in [5, 5.41) is 12.9. The summed E-state index contributed by atoms with van der Waals surface area (Å²) in [6, 6.07) is 7.52. The van der Waals surface area contributed by atoms with Crippen molar-refractivity contribution in [2.75, 3.05) is 5.32 Å². The number of halogens is 2. The van der Waals surface area contributed by atoms with Gasteiger partial charge in [-0.1, -0.05) is 11.6 Å². The van der Waals surface area contributed by atoms with Crippen molar-refractivity contribution in [2.24, 2.45) is 0 Å². The fraction of sp³-hybridized carbons (Fsp3) is 0.154. The number of aromatic nitrogens is 1. The van der Waals surface area contributed by atoms with Crippen LogP contribution in [0.15, 0.2) is 30.3 Å². The Balaban J connectivity index is 2.16. The van der Waals surface area contributed by atoms with Gasteiger partial charge in [0.1, 0.15) is 17.3 Å². The number of anilines is 1. The highest BCUT2D eigenvalue weighted by Crippen LogP contribution is 2.21. The molecule has 3 nitrogen and oxygen atoms in total. The minimum atomic E-state index is -0.397. The number of benzene rings is 1. The second-order valence-corrected chi connectivity index (χ2v) is 4.33. The molecule has 0 spiro atoms. The van der Waals surface area contributed by atoms with Crippen LogP contribution in [0.2, 0.25) is 5.02 Å². The lowest BCUT2D eigenvalue weighted by Gasteiger charge is -2.09. The minimum Gasteiger partial charge on any atom is -0.506 e. The predicted octanol–water partition coefficient (Wildman–Crippen LogP) is 3.50. The van der Waals surface area contributed by atoms with Crippen LogP contribution in [-0.4, -0.2) is 10.1 Å². The molecule has 1 aromatic carbocycles. The molecule has 5 heteroatoms. The van der Waals surface area contributed by atoms with Gasteiger partial charge in [0.05, 0.1) is 12.2 Å². The van der Waals surface area contributed by atoms with Gasteiger partial charge in [-0.2, -0.15) is 0 Å². The number of aromatic hydroxyl groups is 1. The Labute approximate surface area is 109 Å². The van der Waals surface area contributed by atoms with Gasteiger partial charge in [0, 0.05) is 10.7 Å². The number of pyridine rings is 1. The quantitative estimate of drug-likeness (QED) is 0.894. The second-order valence-electron chi connectivity index (χ2n) is 3.90. The van der Waals surface area contributed by atoms with Gasteiger partial charge in [-0.05, 0) is 37.3 Å². The third-order valence-electron chi connectivity index (χ3n) is 2.46. The van der Waals surface area contributed by atoms with Crippen LogP contribution in [-0.2, 0) is 6.54 Å². The number of rotatable bonds is 3. The first kappa shape index (κ1) is 12.6. The van der Waals surface area contributed by atoms with E-state index < -0.39 is 5.82 Å². The Morgan fingerprint density at radius 3 is 2.89 bits per heavy atom. The van der Waals surface area contributed by atoms with E-state index in [1.54, 1.807) is 12.1 Å². The SMILES string of the molecule is Cc1ccc(O)c(CNc2cc(Cl)ccc2F)n1. The largest absolute Gasteiger partial charge is 0.506 e. The monoisotopic (exact) mass is 266 g/mol. The van der Waals surface area contributed by atoms with Crippen LogP contribution in [0.3, 0.4) is 0 Å². The van der Waals surface area contributed by atoms with Crippen LogP contribution in [0.5, 0.6) is 5.75 Å². The van der Waals surface area contributed by atoms with Crippen molar-refractivity contribution < 1.29 is 9.50 Å². The summed E-state index contributed by atoms with van der Waals surface area (Å²) in [4.78, 5) is 4.17. The molecule has 2 aromatic rings. The summed E-state index contributed by atoms with van der Waals surface area (Å²) in [5.74, 6) is -0.318. The highest BCUT2D eigenvalue weighted by Gasteiger charge is 2.06. The molecule has 0 radical (unpaired) electrons. The summed E-state index contributed by atoms with van der Waals surface area (Å²) < 4.78 is 13.4. The molecule has 2 N–H and O–H groups in total. The summed E-state index contributed by atoms with van der Waals surface area (Å²) in [5.41, 5.74) is 1.54. The summed E-state index contributed by atoms with van der Waals surface area (Å²) in [7, 11) is 0. The summed E-state index contributed by atoms with van der Waals surface area (Å²) >= 11 is 5.78. The smallest absolute Gasteiger partial charge is 0.146 e. The second kappa shape index (κ2) is 5.23. The van der Waals surface area contributed by atoms with Gasteiger partial charge in [-0.3, -0.25) is 4.98 Å². The molecule has 0 atom stereocenters. The third-order valence-corrected chi connectivity index (χ3v) is 2.70. The van der Waals surface area contributed by atoms with E-state index in [1.165, 1.54) is 18.2 Å². The van der Waals surface area contributed by atoms with Crippen LogP contribution in [0.25, 0.3) is 0 Å². The Morgan fingerprint density at radius 2 is 2.11 bits per heavy atom. The zero-order chi connectivity index (χ0) is 13.1. The van der Waals surface area contributed by atoms with Crippen molar-refractivity contribution in [3.63, 3.8) is 0 Å². The summed E-state index contributed by atoms with van der Waals surface area (Å²) in [6.45, 7) is 2.05. The average molecular weight is 267 g/mol. The molecule has 0 saturated heterocycles. The van der Waals surface area contributed by atoms with Crippen LogP contribution < -0.4 is 5.32 Å². The number of hydrogen-bond acceptors (Lipinski definition) is 3. The third kappa shape index (κ3) is 2.90. The van der Waals surface area contributed by atoms with E-state index >= 15 is 0 Å². The van der Waals surface area contributed by atoms with Crippen molar-refractivity contribution in [3.8, 4) is 5.75 Å². The first-order chi connectivity index (χ1) is 8.56. The predicted molar refractivity (Wildman–Crippen MR) is 69.4 cm³/mol. The fourth-order valence-electron chi connectivity index (χ4n) is 1.55. The maximum Gasteiger partial charge on any atom is 0.146 e. The lowest BCUT2D eigenvalue weighted by atomic mass is 10.2. The van der Waals surface area contributed by atoms with Gasteiger partial charge in [-0.15, -0.1) is 0 Å². The zero-order valence-corrected chi connectivity index (χ0v) is 10.5. The van der Waals surface area contributed by atoms with Gasteiger partial charge in [0.25, 0.3) is 0 Å². The van der Waals surface area contributed by atoms with E-state index in [4.69, 9.17) is 11.6 Å². The number of hydrogen-bond donors (Lipinski definition) is 2. The van der Waals surface area contributed by atoms with Crippen LogP contribution in [0.1, 0.15) is 11.4 Å². The lowest BCUT2D eigenvalue weighted by molar-refractivity contribution is 0.464. The topological polar surface area (TPSA) is 45.1 Å². The molecule has 0 bridgehead atoms. The van der Waals surface area contributed by atoms with Crippen molar-refractivity contribution in [1.29, 1.82) is 0 Å². The molecule has 94 valence electrons. The zero-order valence-electron chi connectivity index (χ0n) is 9.74. The maximum absolute atomic E-state index is 13.4. The standard InChI is InChI=1S/C13H12ClFN2O/c1-8-2-5-13(18)12(17-8)7-16-11-6-9(14)3-4-10(11)15/h2-6,16,18H,7H2,1H3. The van der Waals surface area contributed by atoms with Gasteiger partial charge in [-0.25, -0.2) is 4.39 Å². The van der Waals surface area contributed by atoms with Crippen molar-refractivity contribution >= 4 is 17.3 Å². The van der Waals surface area contributed by atoms with E-state index in [9.17, 15) is 9.50 Å². The van der Waals surface area contributed by atoms with Crippen molar-refractivity contribution in [3.05, 3.63) is 52.6 Å². The molecule has 0 aliphatic heterocycles. The van der Waals surface area contributed by atoms with Gasteiger partial charge in [0.2, 0.25) is 0 Å². The Morgan fingerprint density at radius 1 is 1.33 bits per heavy atom. The molecule has 1 aromatic heterocycles. The lowest BCUT2D eigenvalue weighted by Crippen LogP contribution is -2.04. The van der Waals surface area contributed by atoms with Crippen LogP contribution in [0.4, 0.5) is 10.1 Å². The Kier molecular flexibility index (Phi) is 3.67. The molecule has 0 amide bonds. The average Bonchev–Trinajstić information content (AvgIpc) is 2.34. The molecule has 18 heavy (non-hydrogen) atoms. The highest BCUT2D eigenvalue weighted by atomic mass is 35.5. The first-order valence-electron chi connectivity index (χ1n) is 5.40. The van der Waals surface area contributed by atoms with E-state index in [1.807, 2.05) is 6.92 Å². The van der Waals surface area contributed by atoms with Gasteiger partial charge >= 0.3 is 0 Å². The Bertz CT molecular complexity index is 523. The van der Waals surface area contributed by atoms with E-state index in [0.717, 1.165) is 5.69 Å². The Hall–Kier alpha value is -1.81. The van der Waals surface area contributed by atoms with E-state index in [0.29, 0.717) is 10.7 Å². The maximum atomic E-state index is 13.4. The number of nitrogens with one attached hydrogen (secondary N) is 1. The van der Waals surface area contributed by atoms with Gasteiger partial charge in [0.15, 0.2) is 0 Å². The minimum absolute atomic E-state index is 0.0792. The number of aryl methyl sites for hydroxylation is 1. The van der Waals surface area contributed by atoms with E-state index in [2.05, 4.69) is 10.3 Å². The highest BCUT2D eigenvalue weighted by molar-refractivity contribution is 6.30. The number of nitrogens with zero attached hydrogens (tertiary/aromatic N) is 1. The molecule has 0 unspecified atom stereocenters.